The van der Waals surface area contributed by atoms with E-state index >= 15 is 0 Å². The largest absolute Gasteiger partial charge is 0.343 e. The molecule has 2 aromatic heterocycles. The zero-order valence-electron chi connectivity index (χ0n) is 6.70. The molecular weight excluding hydrogens is 138 g/mol. The fraction of sp³-hybridized carbons (Fsp3) is 0.250. The number of nitrogens with one attached hydrogen (secondary N) is 1. The monoisotopic (exact) mass is 149 g/mol. The topological polar surface area (TPSA) is 41.6 Å². The van der Waals surface area contributed by atoms with Gasteiger partial charge in [0.05, 0.1) is 23.6 Å². The van der Waals surface area contributed by atoms with Crippen LogP contribution in [-0.4, -0.2) is 15.0 Å². The van der Waals surface area contributed by atoms with Gasteiger partial charge in [0.25, 0.3) is 0 Å². The Bertz CT molecular complexity index is 283. The molecule has 2 rings (SSSR count). The van der Waals surface area contributed by atoms with Gasteiger partial charge in [0.2, 0.25) is 0 Å². The normalized spacial score (nSPS) is 8.91. The lowest BCUT2D eigenvalue weighted by atomic mass is 10.4. The van der Waals surface area contributed by atoms with E-state index in [1.54, 1.807) is 18.7 Å². The van der Waals surface area contributed by atoms with Crippen LogP contribution in [-0.2, 0) is 0 Å². The molecule has 2 heterocycles. The Morgan fingerprint density at radius 3 is 2.91 bits per heavy atom. The Labute approximate surface area is 65.5 Å². The first-order chi connectivity index (χ1) is 5.47. The minimum Gasteiger partial charge on any atom is -0.343 e. The van der Waals surface area contributed by atoms with Crippen LogP contribution in [0.25, 0.3) is 11.0 Å². The van der Waals surface area contributed by atoms with Gasteiger partial charge in [0.1, 0.15) is 0 Å². The number of hydrogen-bond acceptors (Lipinski definition) is 2. The highest BCUT2D eigenvalue weighted by atomic mass is 14.9. The Kier molecular flexibility index (Phi) is 2.60. The summed E-state index contributed by atoms with van der Waals surface area (Å²) >= 11 is 0. The molecule has 0 bridgehead atoms. The Balaban J connectivity index is 0.000000281. The van der Waals surface area contributed by atoms with Crippen LogP contribution in [0.15, 0.2) is 24.8 Å². The Hall–Kier alpha value is -1.38. The lowest BCUT2D eigenvalue weighted by Crippen LogP contribution is -1.69. The number of H-pyrrole nitrogens is 1. The summed E-state index contributed by atoms with van der Waals surface area (Å²) in [6.07, 6.45) is 5.14. The van der Waals surface area contributed by atoms with E-state index < -0.39 is 0 Å². The summed E-state index contributed by atoms with van der Waals surface area (Å²) in [5.41, 5.74) is 1.95. The van der Waals surface area contributed by atoms with E-state index in [1.807, 2.05) is 19.9 Å². The van der Waals surface area contributed by atoms with Gasteiger partial charge < -0.3 is 4.98 Å². The van der Waals surface area contributed by atoms with Crippen LogP contribution in [0.2, 0.25) is 0 Å². The number of aromatic nitrogens is 3. The van der Waals surface area contributed by atoms with E-state index in [-0.39, 0.29) is 0 Å². The van der Waals surface area contributed by atoms with Gasteiger partial charge in [-0.05, 0) is 6.07 Å². The van der Waals surface area contributed by atoms with Gasteiger partial charge in [0, 0.05) is 6.20 Å². The standard InChI is InChI=1S/C6H5N3.C2H6/c1-2-7-3-6-5(1)8-4-9-6;1-2/h1-4H,(H,8,9);1-2H3. The molecule has 1 N–H and O–H groups in total. The highest BCUT2D eigenvalue weighted by Crippen LogP contribution is 2.03. The third-order valence-electron chi connectivity index (χ3n) is 1.22. The summed E-state index contributed by atoms with van der Waals surface area (Å²) in [6, 6.07) is 1.87. The van der Waals surface area contributed by atoms with Crippen molar-refractivity contribution in [3.63, 3.8) is 0 Å². The first-order valence-corrected chi connectivity index (χ1v) is 3.70. The molecular formula is C8H11N3. The van der Waals surface area contributed by atoms with Crippen molar-refractivity contribution in [2.24, 2.45) is 0 Å². The molecule has 0 radical (unpaired) electrons. The zero-order chi connectivity index (χ0) is 8.10. The van der Waals surface area contributed by atoms with E-state index in [2.05, 4.69) is 15.0 Å². The van der Waals surface area contributed by atoms with Crippen molar-refractivity contribution < 1.29 is 0 Å². The van der Waals surface area contributed by atoms with Crippen LogP contribution in [0.5, 0.6) is 0 Å². The van der Waals surface area contributed by atoms with Crippen LogP contribution in [0.4, 0.5) is 0 Å². The van der Waals surface area contributed by atoms with E-state index in [9.17, 15) is 0 Å². The summed E-state index contributed by atoms with van der Waals surface area (Å²) in [7, 11) is 0. The number of imidazole rings is 1. The quantitative estimate of drug-likeness (QED) is 0.622. The first kappa shape index (κ1) is 7.72. The summed E-state index contributed by atoms with van der Waals surface area (Å²) in [5.74, 6) is 0. The SMILES string of the molecule is CC.c1cc2nc[nH]c2cn1. The first-order valence-electron chi connectivity index (χ1n) is 3.70. The van der Waals surface area contributed by atoms with Crippen molar-refractivity contribution in [3.8, 4) is 0 Å². The van der Waals surface area contributed by atoms with Crippen molar-refractivity contribution in [2.45, 2.75) is 13.8 Å². The molecule has 0 spiro atoms. The van der Waals surface area contributed by atoms with Crippen molar-refractivity contribution >= 4 is 11.0 Å². The van der Waals surface area contributed by atoms with E-state index in [0.29, 0.717) is 0 Å². The van der Waals surface area contributed by atoms with Gasteiger partial charge in [-0.25, -0.2) is 4.98 Å². The number of nitrogens with zero attached hydrogens (tertiary/aromatic N) is 2. The molecule has 3 nitrogen and oxygen atoms in total. The fourth-order valence-electron chi connectivity index (χ4n) is 0.782. The van der Waals surface area contributed by atoms with Gasteiger partial charge in [-0.2, -0.15) is 0 Å². The van der Waals surface area contributed by atoms with Crippen LogP contribution in [0, 0.1) is 0 Å². The second kappa shape index (κ2) is 3.71. The molecule has 2 aromatic rings. The minimum atomic E-state index is 0.963. The summed E-state index contributed by atoms with van der Waals surface area (Å²) in [6.45, 7) is 4.00. The molecule has 0 unspecified atom stereocenters. The lowest BCUT2D eigenvalue weighted by Gasteiger charge is -1.80. The van der Waals surface area contributed by atoms with E-state index in [1.165, 1.54) is 0 Å². The number of fused-ring (bicyclic) bond motifs is 1. The number of aromatic amines is 1. The van der Waals surface area contributed by atoms with Crippen molar-refractivity contribution in [3.05, 3.63) is 24.8 Å². The van der Waals surface area contributed by atoms with Gasteiger partial charge in [-0.15, -0.1) is 0 Å². The number of hydrogen-bond donors (Lipinski definition) is 1. The van der Waals surface area contributed by atoms with Crippen molar-refractivity contribution in [2.75, 3.05) is 0 Å². The van der Waals surface area contributed by atoms with Crippen LogP contribution in [0.3, 0.4) is 0 Å². The van der Waals surface area contributed by atoms with E-state index in [4.69, 9.17) is 0 Å². The molecule has 0 aliphatic rings. The molecule has 0 amide bonds. The molecule has 0 atom stereocenters. The van der Waals surface area contributed by atoms with E-state index in [0.717, 1.165) is 11.0 Å². The van der Waals surface area contributed by atoms with Crippen molar-refractivity contribution in [1.29, 1.82) is 0 Å². The van der Waals surface area contributed by atoms with Crippen LogP contribution >= 0.6 is 0 Å². The lowest BCUT2D eigenvalue weighted by molar-refractivity contribution is 1.33. The Morgan fingerprint density at radius 1 is 1.36 bits per heavy atom. The predicted octanol–water partition coefficient (Wildman–Crippen LogP) is 1.98. The second-order valence-electron chi connectivity index (χ2n) is 1.80. The highest BCUT2D eigenvalue weighted by Gasteiger charge is 1.89. The van der Waals surface area contributed by atoms with Crippen LogP contribution in [0.1, 0.15) is 13.8 Å². The molecule has 0 aromatic carbocycles. The zero-order valence-corrected chi connectivity index (χ0v) is 6.70. The maximum absolute atomic E-state index is 4.02. The summed E-state index contributed by atoms with van der Waals surface area (Å²) < 4.78 is 0. The molecule has 0 saturated heterocycles. The fourth-order valence-corrected chi connectivity index (χ4v) is 0.782. The maximum Gasteiger partial charge on any atom is 0.0932 e. The second-order valence-corrected chi connectivity index (χ2v) is 1.80. The highest BCUT2D eigenvalue weighted by molar-refractivity contribution is 5.72. The molecule has 0 aliphatic carbocycles. The molecule has 0 saturated carbocycles. The maximum atomic E-state index is 4.02. The smallest absolute Gasteiger partial charge is 0.0932 e. The molecule has 3 heteroatoms. The number of pyridine rings is 1. The molecule has 11 heavy (non-hydrogen) atoms. The third-order valence-corrected chi connectivity index (χ3v) is 1.22. The summed E-state index contributed by atoms with van der Waals surface area (Å²) in [4.78, 5) is 10.9. The molecule has 0 fully saturated rings. The molecule has 58 valence electrons. The van der Waals surface area contributed by atoms with Gasteiger partial charge in [-0.1, -0.05) is 13.8 Å². The third kappa shape index (κ3) is 1.55. The van der Waals surface area contributed by atoms with Gasteiger partial charge in [0.15, 0.2) is 0 Å². The Morgan fingerprint density at radius 2 is 2.18 bits per heavy atom. The van der Waals surface area contributed by atoms with Crippen molar-refractivity contribution in [1.82, 2.24) is 15.0 Å². The number of rotatable bonds is 0. The van der Waals surface area contributed by atoms with Gasteiger partial charge >= 0.3 is 0 Å². The van der Waals surface area contributed by atoms with Gasteiger partial charge in [-0.3, -0.25) is 4.98 Å². The molecule has 0 aliphatic heterocycles. The van der Waals surface area contributed by atoms with Crippen LogP contribution < -0.4 is 0 Å². The average molecular weight is 149 g/mol. The average Bonchev–Trinajstić information content (AvgIpc) is 2.55. The minimum absolute atomic E-state index is 0.963. The predicted molar refractivity (Wildman–Crippen MR) is 45.2 cm³/mol. The summed E-state index contributed by atoms with van der Waals surface area (Å²) in [5, 5.41) is 0.